The van der Waals surface area contributed by atoms with Crippen molar-refractivity contribution >= 4 is 11.9 Å². The Labute approximate surface area is 153 Å². The smallest absolute Gasteiger partial charge is 0.335 e. The van der Waals surface area contributed by atoms with Gasteiger partial charge in [0.15, 0.2) is 0 Å². The molecule has 0 aliphatic carbocycles. The van der Waals surface area contributed by atoms with E-state index in [2.05, 4.69) is 17.4 Å². The maximum Gasteiger partial charge on any atom is 0.335 e. The third-order valence-corrected chi connectivity index (χ3v) is 4.67. The number of rotatable bonds is 6. The Morgan fingerprint density at radius 3 is 2.69 bits per heavy atom. The van der Waals surface area contributed by atoms with Crippen LogP contribution in [0.5, 0.6) is 0 Å². The average Bonchev–Trinajstić information content (AvgIpc) is 2.67. The van der Waals surface area contributed by atoms with E-state index < -0.39 is 5.97 Å². The van der Waals surface area contributed by atoms with Crippen molar-refractivity contribution in [1.29, 1.82) is 0 Å². The quantitative estimate of drug-likeness (QED) is 0.836. The highest BCUT2D eigenvalue weighted by Gasteiger charge is 2.27. The van der Waals surface area contributed by atoms with Crippen molar-refractivity contribution in [3.8, 4) is 0 Å². The van der Waals surface area contributed by atoms with E-state index in [9.17, 15) is 9.59 Å². The van der Waals surface area contributed by atoms with E-state index in [1.807, 2.05) is 18.2 Å². The van der Waals surface area contributed by atoms with E-state index in [0.717, 1.165) is 25.0 Å². The molecule has 0 aromatic heterocycles. The second-order valence-corrected chi connectivity index (χ2v) is 6.59. The van der Waals surface area contributed by atoms with Gasteiger partial charge in [-0.25, -0.2) is 4.79 Å². The minimum Gasteiger partial charge on any atom is -0.478 e. The largest absolute Gasteiger partial charge is 0.478 e. The molecule has 1 aliphatic heterocycles. The molecule has 0 bridgehead atoms. The van der Waals surface area contributed by atoms with Crippen LogP contribution >= 0.6 is 0 Å². The highest BCUT2D eigenvalue weighted by molar-refractivity contribution is 5.88. The molecule has 1 saturated heterocycles. The van der Waals surface area contributed by atoms with Crippen molar-refractivity contribution in [3.05, 3.63) is 71.3 Å². The van der Waals surface area contributed by atoms with Gasteiger partial charge in [0.2, 0.25) is 5.91 Å². The molecule has 1 heterocycles. The lowest BCUT2D eigenvalue weighted by Crippen LogP contribution is -2.35. The summed E-state index contributed by atoms with van der Waals surface area (Å²) in [4.78, 5) is 23.3. The minimum atomic E-state index is -0.989. The van der Waals surface area contributed by atoms with Gasteiger partial charge in [-0.15, -0.1) is 0 Å². The van der Waals surface area contributed by atoms with E-state index >= 15 is 0 Å². The predicted octanol–water partition coefficient (Wildman–Crippen LogP) is 3.21. The maximum absolute atomic E-state index is 12.3. The van der Waals surface area contributed by atoms with Crippen LogP contribution in [0.25, 0.3) is 0 Å². The summed E-state index contributed by atoms with van der Waals surface area (Å²) in [5.41, 5.74) is 2.03. The van der Waals surface area contributed by atoms with Crippen LogP contribution in [0.3, 0.4) is 0 Å². The normalized spacial score (nSPS) is 19.7. The first-order chi connectivity index (χ1) is 12.6. The lowest BCUT2D eigenvalue weighted by atomic mass is 9.89. The first kappa shape index (κ1) is 18.1. The fraction of sp³-hybridized carbons (Fsp3) is 0.333. The number of benzene rings is 2. The molecule has 1 fully saturated rings. The van der Waals surface area contributed by atoms with Gasteiger partial charge >= 0.3 is 5.97 Å². The standard InChI is InChI=1S/C21H23NO4/c23-19(13-15-6-4-9-17(12-15)21(24)25)22-14-18-10-5-11-26-20(18)16-7-2-1-3-8-16/h1-4,6-9,12,18,20H,5,10-11,13-14H2,(H,22,23)(H,24,25). The number of aromatic carboxylic acids is 1. The first-order valence-electron chi connectivity index (χ1n) is 8.89. The molecule has 26 heavy (non-hydrogen) atoms. The highest BCUT2D eigenvalue weighted by atomic mass is 16.5. The fourth-order valence-electron chi connectivity index (χ4n) is 3.37. The molecule has 5 nitrogen and oxygen atoms in total. The Morgan fingerprint density at radius 1 is 1.12 bits per heavy atom. The van der Waals surface area contributed by atoms with E-state index in [1.165, 1.54) is 6.07 Å². The Bertz CT molecular complexity index is 760. The summed E-state index contributed by atoms with van der Waals surface area (Å²) in [6.07, 6.45) is 2.17. The van der Waals surface area contributed by atoms with E-state index in [4.69, 9.17) is 9.84 Å². The average molecular weight is 353 g/mol. The van der Waals surface area contributed by atoms with E-state index in [-0.39, 0.29) is 29.9 Å². The molecule has 3 rings (SSSR count). The molecular formula is C21H23NO4. The van der Waals surface area contributed by atoms with Gasteiger partial charge in [0, 0.05) is 19.1 Å². The van der Waals surface area contributed by atoms with Crippen LogP contribution < -0.4 is 5.32 Å². The number of nitrogens with one attached hydrogen (secondary N) is 1. The SMILES string of the molecule is O=C(Cc1cccc(C(=O)O)c1)NCC1CCCOC1c1ccccc1. The second kappa shape index (κ2) is 8.63. The third-order valence-electron chi connectivity index (χ3n) is 4.67. The number of carboxylic acid groups (broad SMARTS) is 1. The summed E-state index contributed by atoms with van der Waals surface area (Å²) in [5.74, 6) is -0.859. The second-order valence-electron chi connectivity index (χ2n) is 6.59. The molecule has 2 aromatic carbocycles. The molecule has 5 heteroatoms. The monoisotopic (exact) mass is 353 g/mol. The summed E-state index contributed by atoms with van der Waals surface area (Å²) in [7, 11) is 0. The van der Waals surface area contributed by atoms with Crippen LogP contribution in [0.2, 0.25) is 0 Å². The van der Waals surface area contributed by atoms with Crippen LogP contribution in [0.15, 0.2) is 54.6 Å². The van der Waals surface area contributed by atoms with Crippen molar-refractivity contribution in [2.75, 3.05) is 13.2 Å². The Balaban J connectivity index is 1.57. The first-order valence-corrected chi connectivity index (χ1v) is 8.89. The number of amides is 1. The number of ether oxygens (including phenoxy) is 1. The molecule has 2 unspecified atom stereocenters. The molecule has 136 valence electrons. The zero-order valence-electron chi connectivity index (χ0n) is 14.6. The summed E-state index contributed by atoms with van der Waals surface area (Å²) in [6, 6.07) is 16.6. The zero-order valence-corrected chi connectivity index (χ0v) is 14.6. The van der Waals surface area contributed by atoms with Gasteiger partial charge in [0.25, 0.3) is 0 Å². The maximum atomic E-state index is 12.3. The van der Waals surface area contributed by atoms with Gasteiger partial charge < -0.3 is 15.2 Å². The Kier molecular flexibility index (Phi) is 6.02. The van der Waals surface area contributed by atoms with Gasteiger partial charge in [-0.2, -0.15) is 0 Å². The molecule has 2 aromatic rings. The molecule has 0 radical (unpaired) electrons. The van der Waals surface area contributed by atoms with Crippen LogP contribution in [0.1, 0.15) is 40.4 Å². The summed E-state index contributed by atoms with van der Waals surface area (Å²) in [5, 5.41) is 12.0. The van der Waals surface area contributed by atoms with Crippen molar-refractivity contribution in [1.82, 2.24) is 5.32 Å². The van der Waals surface area contributed by atoms with Gasteiger partial charge in [0.1, 0.15) is 0 Å². The highest BCUT2D eigenvalue weighted by Crippen LogP contribution is 2.33. The fourth-order valence-corrected chi connectivity index (χ4v) is 3.37. The number of hydrogen-bond acceptors (Lipinski definition) is 3. The van der Waals surface area contributed by atoms with Crippen molar-refractivity contribution < 1.29 is 19.4 Å². The van der Waals surface area contributed by atoms with Crippen LogP contribution in [-0.2, 0) is 16.0 Å². The lowest BCUT2D eigenvalue weighted by Gasteiger charge is -2.32. The van der Waals surface area contributed by atoms with Crippen molar-refractivity contribution in [3.63, 3.8) is 0 Å². The van der Waals surface area contributed by atoms with Crippen molar-refractivity contribution in [2.24, 2.45) is 5.92 Å². The topological polar surface area (TPSA) is 75.6 Å². The van der Waals surface area contributed by atoms with Crippen molar-refractivity contribution in [2.45, 2.75) is 25.4 Å². The molecule has 2 atom stereocenters. The molecule has 2 N–H and O–H groups in total. The van der Waals surface area contributed by atoms with Crippen LogP contribution in [-0.4, -0.2) is 30.1 Å². The molecule has 0 spiro atoms. The zero-order chi connectivity index (χ0) is 18.4. The van der Waals surface area contributed by atoms with Crippen LogP contribution in [0.4, 0.5) is 0 Å². The van der Waals surface area contributed by atoms with Gasteiger partial charge in [-0.05, 0) is 36.1 Å². The van der Waals surface area contributed by atoms with Gasteiger partial charge in [0.05, 0.1) is 18.1 Å². The number of carbonyl (C=O) groups is 2. The van der Waals surface area contributed by atoms with E-state index in [0.29, 0.717) is 12.1 Å². The van der Waals surface area contributed by atoms with Gasteiger partial charge in [-0.3, -0.25) is 4.79 Å². The Morgan fingerprint density at radius 2 is 1.92 bits per heavy atom. The molecule has 0 saturated carbocycles. The lowest BCUT2D eigenvalue weighted by molar-refractivity contribution is -0.121. The molecule has 1 amide bonds. The molecule has 1 aliphatic rings. The third kappa shape index (κ3) is 4.70. The Hall–Kier alpha value is -2.66. The predicted molar refractivity (Wildman–Crippen MR) is 98.0 cm³/mol. The molecular weight excluding hydrogens is 330 g/mol. The summed E-state index contributed by atoms with van der Waals surface area (Å²) >= 11 is 0. The number of carboxylic acids is 1. The van der Waals surface area contributed by atoms with Crippen LogP contribution in [0, 0.1) is 5.92 Å². The minimum absolute atomic E-state index is 0.000545. The summed E-state index contributed by atoms with van der Waals surface area (Å²) < 4.78 is 5.95. The summed E-state index contributed by atoms with van der Waals surface area (Å²) in [6.45, 7) is 1.29. The van der Waals surface area contributed by atoms with E-state index in [1.54, 1.807) is 18.2 Å². The van der Waals surface area contributed by atoms with Gasteiger partial charge in [-0.1, -0.05) is 42.5 Å². The number of hydrogen-bond donors (Lipinski definition) is 2. The number of carbonyl (C=O) groups excluding carboxylic acids is 1.